The standard InChI is InChI=1S/C13H19NO/c1-4-11(3)14(13(15)5-2)12-9-7-6-8-10-12/h6-11H,4-5H2,1-3H3. The number of hydrogen-bond donors (Lipinski definition) is 0. The van der Waals surface area contributed by atoms with Crippen LogP contribution in [0.5, 0.6) is 0 Å². The van der Waals surface area contributed by atoms with Crippen LogP contribution in [-0.2, 0) is 4.79 Å². The van der Waals surface area contributed by atoms with E-state index in [1.54, 1.807) is 0 Å². The van der Waals surface area contributed by atoms with Crippen molar-refractivity contribution in [1.29, 1.82) is 0 Å². The Morgan fingerprint density at radius 3 is 2.33 bits per heavy atom. The van der Waals surface area contributed by atoms with Gasteiger partial charge in [0.1, 0.15) is 0 Å². The molecule has 15 heavy (non-hydrogen) atoms. The van der Waals surface area contributed by atoms with Crippen molar-refractivity contribution in [2.75, 3.05) is 4.90 Å². The summed E-state index contributed by atoms with van der Waals surface area (Å²) in [6.07, 6.45) is 1.53. The third-order valence-corrected chi connectivity index (χ3v) is 2.64. The Morgan fingerprint density at radius 2 is 1.87 bits per heavy atom. The van der Waals surface area contributed by atoms with E-state index >= 15 is 0 Å². The second-order valence-electron chi connectivity index (χ2n) is 3.71. The average Bonchev–Trinajstić information content (AvgIpc) is 2.30. The first-order valence-electron chi connectivity index (χ1n) is 5.57. The largest absolute Gasteiger partial charge is 0.310 e. The van der Waals surface area contributed by atoms with E-state index in [9.17, 15) is 4.79 Å². The molecule has 0 N–H and O–H groups in total. The fraction of sp³-hybridized carbons (Fsp3) is 0.462. The first-order valence-corrected chi connectivity index (χ1v) is 5.57. The zero-order chi connectivity index (χ0) is 11.3. The van der Waals surface area contributed by atoms with Crippen molar-refractivity contribution in [2.45, 2.75) is 39.7 Å². The zero-order valence-electron chi connectivity index (χ0n) is 9.73. The molecular formula is C13H19NO. The number of nitrogens with zero attached hydrogens (tertiary/aromatic N) is 1. The predicted molar refractivity (Wildman–Crippen MR) is 64.0 cm³/mol. The lowest BCUT2D eigenvalue weighted by atomic mass is 10.1. The van der Waals surface area contributed by atoms with Crippen LogP contribution < -0.4 is 4.90 Å². The number of benzene rings is 1. The Labute approximate surface area is 91.9 Å². The number of hydrogen-bond acceptors (Lipinski definition) is 1. The number of carbonyl (C=O) groups is 1. The molecule has 1 atom stereocenters. The third kappa shape index (κ3) is 2.82. The summed E-state index contributed by atoms with van der Waals surface area (Å²) in [5.74, 6) is 0.190. The van der Waals surface area contributed by atoms with Crippen LogP contribution in [0.3, 0.4) is 0 Å². The maximum atomic E-state index is 11.8. The molecule has 0 aromatic heterocycles. The molecule has 0 spiro atoms. The van der Waals surface area contributed by atoms with E-state index < -0.39 is 0 Å². The first-order chi connectivity index (χ1) is 7.20. The summed E-state index contributed by atoms with van der Waals surface area (Å²) >= 11 is 0. The van der Waals surface area contributed by atoms with Crippen LogP contribution in [0.1, 0.15) is 33.6 Å². The van der Waals surface area contributed by atoms with Crippen LogP contribution in [0.4, 0.5) is 5.69 Å². The minimum absolute atomic E-state index is 0.190. The number of carbonyl (C=O) groups excluding carboxylic acids is 1. The maximum absolute atomic E-state index is 11.8. The fourth-order valence-electron chi connectivity index (χ4n) is 1.59. The minimum Gasteiger partial charge on any atom is -0.310 e. The van der Waals surface area contributed by atoms with Gasteiger partial charge in [-0.15, -0.1) is 0 Å². The highest BCUT2D eigenvalue weighted by Crippen LogP contribution is 2.19. The van der Waals surface area contributed by atoms with Crippen molar-refractivity contribution in [3.63, 3.8) is 0 Å². The van der Waals surface area contributed by atoms with Gasteiger partial charge in [-0.3, -0.25) is 4.79 Å². The molecule has 0 fully saturated rings. The summed E-state index contributed by atoms with van der Waals surface area (Å²) < 4.78 is 0. The van der Waals surface area contributed by atoms with Gasteiger partial charge in [-0.05, 0) is 25.5 Å². The molecule has 0 aliphatic carbocycles. The molecule has 0 heterocycles. The first kappa shape index (κ1) is 11.8. The van der Waals surface area contributed by atoms with E-state index in [2.05, 4.69) is 13.8 Å². The molecule has 1 aromatic carbocycles. The van der Waals surface area contributed by atoms with Gasteiger partial charge in [-0.25, -0.2) is 0 Å². The second-order valence-corrected chi connectivity index (χ2v) is 3.71. The van der Waals surface area contributed by atoms with Crippen molar-refractivity contribution < 1.29 is 4.79 Å². The lowest BCUT2D eigenvalue weighted by Gasteiger charge is -2.28. The number of rotatable bonds is 4. The number of amides is 1. The molecular weight excluding hydrogens is 186 g/mol. The van der Waals surface area contributed by atoms with Crippen molar-refractivity contribution in [3.8, 4) is 0 Å². The monoisotopic (exact) mass is 205 g/mol. The quantitative estimate of drug-likeness (QED) is 0.739. The van der Waals surface area contributed by atoms with Gasteiger partial charge in [0.05, 0.1) is 0 Å². The lowest BCUT2D eigenvalue weighted by molar-refractivity contribution is -0.118. The van der Waals surface area contributed by atoms with Crippen molar-refractivity contribution in [3.05, 3.63) is 30.3 Å². The molecule has 0 aliphatic heterocycles. The molecule has 0 saturated heterocycles. The van der Waals surface area contributed by atoms with Gasteiger partial charge in [-0.2, -0.15) is 0 Å². The van der Waals surface area contributed by atoms with Gasteiger partial charge in [0.15, 0.2) is 0 Å². The lowest BCUT2D eigenvalue weighted by Crippen LogP contribution is -2.37. The molecule has 0 aliphatic rings. The van der Waals surface area contributed by atoms with Gasteiger partial charge in [0, 0.05) is 18.2 Å². The van der Waals surface area contributed by atoms with Gasteiger partial charge in [0.2, 0.25) is 5.91 Å². The van der Waals surface area contributed by atoms with Gasteiger partial charge in [-0.1, -0.05) is 32.0 Å². The highest BCUT2D eigenvalue weighted by atomic mass is 16.2. The summed E-state index contributed by atoms with van der Waals surface area (Å²) in [5.41, 5.74) is 0.999. The Balaban J connectivity index is 2.96. The molecule has 0 saturated carbocycles. The minimum atomic E-state index is 0.190. The SMILES string of the molecule is CCC(=O)N(c1ccccc1)C(C)CC. The summed E-state index contributed by atoms with van der Waals surface area (Å²) in [6, 6.07) is 10.1. The van der Waals surface area contributed by atoms with Crippen LogP contribution in [0.25, 0.3) is 0 Å². The van der Waals surface area contributed by atoms with E-state index in [1.165, 1.54) is 0 Å². The molecule has 1 rings (SSSR count). The van der Waals surface area contributed by atoms with Crippen LogP contribution in [0.2, 0.25) is 0 Å². The molecule has 2 nitrogen and oxygen atoms in total. The van der Waals surface area contributed by atoms with E-state index in [-0.39, 0.29) is 11.9 Å². The van der Waals surface area contributed by atoms with E-state index in [4.69, 9.17) is 0 Å². The van der Waals surface area contributed by atoms with Crippen LogP contribution in [0.15, 0.2) is 30.3 Å². The molecule has 0 radical (unpaired) electrons. The second kappa shape index (κ2) is 5.54. The van der Waals surface area contributed by atoms with Crippen LogP contribution >= 0.6 is 0 Å². The summed E-state index contributed by atoms with van der Waals surface area (Å²) in [4.78, 5) is 13.7. The number of anilines is 1. The summed E-state index contributed by atoms with van der Waals surface area (Å²) in [6.45, 7) is 6.09. The smallest absolute Gasteiger partial charge is 0.226 e. The van der Waals surface area contributed by atoms with E-state index in [0.29, 0.717) is 6.42 Å². The van der Waals surface area contributed by atoms with Crippen LogP contribution in [-0.4, -0.2) is 11.9 Å². The Kier molecular flexibility index (Phi) is 4.35. The Morgan fingerprint density at radius 1 is 1.27 bits per heavy atom. The summed E-state index contributed by atoms with van der Waals surface area (Å²) in [7, 11) is 0. The molecule has 0 bridgehead atoms. The van der Waals surface area contributed by atoms with E-state index in [1.807, 2.05) is 42.2 Å². The molecule has 1 aromatic rings. The highest BCUT2D eigenvalue weighted by molar-refractivity contribution is 5.93. The van der Waals surface area contributed by atoms with Gasteiger partial charge < -0.3 is 4.90 Å². The summed E-state index contributed by atoms with van der Waals surface area (Å²) in [5, 5.41) is 0. The third-order valence-electron chi connectivity index (χ3n) is 2.64. The molecule has 2 heteroatoms. The van der Waals surface area contributed by atoms with E-state index in [0.717, 1.165) is 12.1 Å². The number of para-hydroxylation sites is 1. The fourth-order valence-corrected chi connectivity index (χ4v) is 1.59. The molecule has 1 amide bonds. The molecule has 1 unspecified atom stereocenters. The normalized spacial score (nSPS) is 12.2. The van der Waals surface area contributed by atoms with Crippen molar-refractivity contribution in [2.24, 2.45) is 0 Å². The Bertz CT molecular complexity index is 308. The van der Waals surface area contributed by atoms with Gasteiger partial charge in [0.25, 0.3) is 0 Å². The van der Waals surface area contributed by atoms with Gasteiger partial charge >= 0.3 is 0 Å². The van der Waals surface area contributed by atoms with Crippen molar-refractivity contribution >= 4 is 11.6 Å². The molecule has 82 valence electrons. The average molecular weight is 205 g/mol. The maximum Gasteiger partial charge on any atom is 0.226 e. The highest BCUT2D eigenvalue weighted by Gasteiger charge is 2.18. The van der Waals surface area contributed by atoms with Crippen molar-refractivity contribution in [1.82, 2.24) is 0 Å². The Hall–Kier alpha value is -1.31. The predicted octanol–water partition coefficient (Wildman–Crippen LogP) is 3.23. The topological polar surface area (TPSA) is 20.3 Å². The van der Waals surface area contributed by atoms with Crippen LogP contribution in [0, 0.1) is 0 Å². The zero-order valence-corrected chi connectivity index (χ0v) is 9.73.